The highest BCUT2D eigenvalue weighted by atomic mass is 19.1. The van der Waals surface area contributed by atoms with Crippen LogP contribution < -0.4 is 4.74 Å². The number of carbonyl (C=O) groups excluding carboxylic acids is 1. The van der Waals surface area contributed by atoms with Gasteiger partial charge in [0.25, 0.3) is 0 Å². The topological polar surface area (TPSA) is 35.5 Å². The summed E-state index contributed by atoms with van der Waals surface area (Å²) >= 11 is 0. The van der Waals surface area contributed by atoms with Crippen LogP contribution in [0.5, 0.6) is 5.75 Å². The van der Waals surface area contributed by atoms with Crippen molar-refractivity contribution in [3.8, 4) is 5.75 Å². The Balaban J connectivity index is 2.49. The molecule has 3 nitrogen and oxygen atoms in total. The molecule has 0 N–H and O–H groups in total. The number of unbranched alkanes of at least 4 members (excludes halogenated alkanes) is 3. The van der Waals surface area contributed by atoms with Gasteiger partial charge in [0.05, 0.1) is 14.2 Å². The lowest BCUT2D eigenvalue weighted by molar-refractivity contribution is -0.140. The van der Waals surface area contributed by atoms with Crippen molar-refractivity contribution in [1.29, 1.82) is 0 Å². The van der Waals surface area contributed by atoms with E-state index < -0.39 is 0 Å². The average Bonchev–Trinajstić information content (AvgIpc) is 2.81. The fourth-order valence-corrected chi connectivity index (χ4v) is 4.54. The van der Waals surface area contributed by atoms with E-state index in [1.807, 2.05) is 12.1 Å². The first kappa shape index (κ1) is 26.6. The number of esters is 1. The van der Waals surface area contributed by atoms with Gasteiger partial charge >= 0.3 is 5.97 Å². The summed E-state index contributed by atoms with van der Waals surface area (Å²) in [5.74, 6) is 0.598. The molecule has 0 fully saturated rings. The third kappa shape index (κ3) is 6.93. The van der Waals surface area contributed by atoms with Crippen LogP contribution in [0.25, 0.3) is 6.08 Å². The van der Waals surface area contributed by atoms with E-state index in [1.165, 1.54) is 41.5 Å². The van der Waals surface area contributed by atoms with Crippen LogP contribution >= 0.6 is 0 Å². The molecule has 2 aromatic rings. The van der Waals surface area contributed by atoms with Crippen LogP contribution in [0.3, 0.4) is 0 Å². The normalized spacial score (nSPS) is 12.2. The van der Waals surface area contributed by atoms with Crippen molar-refractivity contribution >= 4 is 12.0 Å². The Bertz CT molecular complexity index is 945. The van der Waals surface area contributed by atoms with Gasteiger partial charge in [-0.1, -0.05) is 50.5 Å². The van der Waals surface area contributed by atoms with Crippen molar-refractivity contribution in [2.24, 2.45) is 0 Å². The predicted octanol–water partition coefficient (Wildman–Crippen LogP) is 7.83. The third-order valence-corrected chi connectivity index (χ3v) is 6.53. The minimum atomic E-state index is -0.234. The summed E-state index contributed by atoms with van der Waals surface area (Å²) in [7, 11) is 3.16. The van der Waals surface area contributed by atoms with Gasteiger partial charge in [0.1, 0.15) is 11.6 Å². The lowest BCUT2D eigenvalue weighted by Gasteiger charge is -2.27. The van der Waals surface area contributed by atoms with E-state index in [0.717, 1.165) is 55.4 Å². The summed E-state index contributed by atoms with van der Waals surface area (Å²) in [6.07, 6.45) is 10.7. The minimum absolute atomic E-state index is 0.0799. The molecular formula is C29H39FO3. The van der Waals surface area contributed by atoms with Gasteiger partial charge in [-0.2, -0.15) is 0 Å². The zero-order chi connectivity index (χ0) is 24.4. The molecule has 4 heteroatoms. The number of halogens is 1. The molecule has 0 aliphatic rings. The van der Waals surface area contributed by atoms with Gasteiger partial charge in [-0.15, -0.1) is 0 Å². The van der Waals surface area contributed by atoms with E-state index in [2.05, 4.69) is 39.8 Å². The van der Waals surface area contributed by atoms with Crippen molar-refractivity contribution in [1.82, 2.24) is 0 Å². The SMILES string of the molecule is CCC/C=C/c1c(C)c(C)c(OC)c(C(CCCCCC(=O)OC)c2ccc(F)cc2)c1C. The maximum atomic E-state index is 13.7. The molecule has 0 radical (unpaired) electrons. The fraction of sp³-hybridized carbons (Fsp3) is 0.483. The highest BCUT2D eigenvalue weighted by molar-refractivity contribution is 5.69. The predicted molar refractivity (Wildman–Crippen MR) is 134 cm³/mol. The number of ether oxygens (including phenoxy) is 2. The van der Waals surface area contributed by atoms with E-state index >= 15 is 0 Å². The third-order valence-electron chi connectivity index (χ3n) is 6.53. The molecule has 2 aromatic carbocycles. The first-order valence-electron chi connectivity index (χ1n) is 12.0. The van der Waals surface area contributed by atoms with Crippen LogP contribution in [0.4, 0.5) is 4.39 Å². The molecule has 1 unspecified atom stereocenters. The first-order chi connectivity index (χ1) is 15.8. The van der Waals surface area contributed by atoms with E-state index in [-0.39, 0.29) is 17.7 Å². The molecule has 33 heavy (non-hydrogen) atoms. The maximum Gasteiger partial charge on any atom is 0.305 e. The zero-order valence-corrected chi connectivity index (χ0v) is 21.1. The standard InChI is InChI=1S/C29H39FO3/c1-7-8-10-13-25-20(2)21(3)29(33-6)28(22(25)4)26(23-16-18-24(30)19-17-23)14-11-9-12-15-27(31)32-5/h10,13,16-19,26H,7-9,11-12,14-15H2,1-6H3/b13-10+. The number of benzene rings is 2. The molecule has 0 saturated carbocycles. The van der Waals surface area contributed by atoms with Gasteiger partial charge in [0, 0.05) is 17.9 Å². The van der Waals surface area contributed by atoms with Crippen LogP contribution in [0.15, 0.2) is 30.3 Å². The molecule has 0 aliphatic heterocycles. The Morgan fingerprint density at radius 1 is 1.00 bits per heavy atom. The number of rotatable bonds is 12. The van der Waals surface area contributed by atoms with Gasteiger partial charge in [-0.3, -0.25) is 4.79 Å². The molecule has 0 aromatic heterocycles. The summed E-state index contributed by atoms with van der Waals surface area (Å²) in [6.45, 7) is 8.62. The lowest BCUT2D eigenvalue weighted by Crippen LogP contribution is -2.10. The van der Waals surface area contributed by atoms with Gasteiger partial charge in [0.15, 0.2) is 0 Å². The molecule has 0 aliphatic carbocycles. The number of hydrogen-bond donors (Lipinski definition) is 0. The quantitative estimate of drug-likeness (QED) is 0.242. The summed E-state index contributed by atoms with van der Waals surface area (Å²) in [5, 5.41) is 0. The van der Waals surface area contributed by atoms with Crippen molar-refractivity contribution in [3.05, 3.63) is 69.5 Å². The lowest BCUT2D eigenvalue weighted by atomic mass is 9.80. The monoisotopic (exact) mass is 454 g/mol. The molecule has 0 heterocycles. The summed E-state index contributed by atoms with van der Waals surface area (Å²) in [6, 6.07) is 6.83. The Hall–Kier alpha value is -2.62. The highest BCUT2D eigenvalue weighted by Gasteiger charge is 2.25. The summed E-state index contributed by atoms with van der Waals surface area (Å²) in [5.41, 5.74) is 7.10. The molecule has 1 atom stereocenters. The van der Waals surface area contributed by atoms with Gasteiger partial charge in [-0.05, 0) is 80.0 Å². The van der Waals surface area contributed by atoms with E-state index in [1.54, 1.807) is 7.11 Å². The average molecular weight is 455 g/mol. The Labute approximate surface area is 199 Å². The van der Waals surface area contributed by atoms with Crippen LogP contribution in [0.2, 0.25) is 0 Å². The number of hydrogen-bond acceptors (Lipinski definition) is 3. The Morgan fingerprint density at radius 2 is 1.70 bits per heavy atom. The van der Waals surface area contributed by atoms with Gasteiger partial charge in [-0.25, -0.2) is 4.39 Å². The summed E-state index contributed by atoms with van der Waals surface area (Å²) < 4.78 is 24.4. The van der Waals surface area contributed by atoms with Crippen molar-refractivity contribution in [2.75, 3.05) is 14.2 Å². The van der Waals surface area contributed by atoms with E-state index in [9.17, 15) is 9.18 Å². The Kier molecular flexibility index (Phi) is 10.6. The molecule has 2 rings (SSSR count). The smallest absolute Gasteiger partial charge is 0.305 e. The molecular weight excluding hydrogens is 415 g/mol. The van der Waals surface area contributed by atoms with E-state index in [0.29, 0.717) is 6.42 Å². The number of allylic oxidation sites excluding steroid dienone is 1. The molecule has 180 valence electrons. The largest absolute Gasteiger partial charge is 0.496 e. The summed E-state index contributed by atoms with van der Waals surface area (Å²) in [4.78, 5) is 11.4. The Morgan fingerprint density at radius 3 is 2.30 bits per heavy atom. The van der Waals surface area contributed by atoms with Crippen molar-refractivity contribution in [2.45, 2.75) is 78.6 Å². The van der Waals surface area contributed by atoms with Crippen molar-refractivity contribution in [3.63, 3.8) is 0 Å². The highest BCUT2D eigenvalue weighted by Crippen LogP contribution is 2.43. The fourth-order valence-electron chi connectivity index (χ4n) is 4.54. The zero-order valence-electron chi connectivity index (χ0n) is 21.1. The van der Waals surface area contributed by atoms with Crippen LogP contribution in [-0.4, -0.2) is 20.2 Å². The number of methoxy groups -OCH3 is 2. The minimum Gasteiger partial charge on any atom is -0.496 e. The van der Waals surface area contributed by atoms with Crippen LogP contribution in [-0.2, 0) is 9.53 Å². The second-order valence-electron chi connectivity index (χ2n) is 8.71. The second-order valence-corrected chi connectivity index (χ2v) is 8.71. The molecule has 0 spiro atoms. The van der Waals surface area contributed by atoms with Crippen LogP contribution in [0, 0.1) is 26.6 Å². The van der Waals surface area contributed by atoms with Crippen molar-refractivity contribution < 1.29 is 18.7 Å². The van der Waals surface area contributed by atoms with Gasteiger partial charge < -0.3 is 9.47 Å². The second kappa shape index (κ2) is 13.2. The van der Waals surface area contributed by atoms with E-state index in [4.69, 9.17) is 9.47 Å². The molecule has 0 saturated heterocycles. The molecule has 0 amide bonds. The van der Waals surface area contributed by atoms with Crippen LogP contribution in [0.1, 0.15) is 91.2 Å². The maximum absolute atomic E-state index is 13.7. The first-order valence-corrected chi connectivity index (χ1v) is 12.0. The number of carbonyl (C=O) groups is 1. The molecule has 0 bridgehead atoms. The van der Waals surface area contributed by atoms with Gasteiger partial charge in [0.2, 0.25) is 0 Å².